The Hall–Kier alpha value is -1.07. The van der Waals surface area contributed by atoms with Gasteiger partial charge >= 0.3 is 0 Å². The van der Waals surface area contributed by atoms with Crippen LogP contribution in [-0.4, -0.2) is 40.0 Å². The molecule has 0 amide bonds. The molecule has 0 spiro atoms. The predicted octanol–water partition coefficient (Wildman–Crippen LogP) is 1.36. The molecule has 1 saturated carbocycles. The maximum absolute atomic E-state index is 5.84. The smallest absolute Gasteiger partial charge is 0.223 e. The van der Waals surface area contributed by atoms with Crippen LogP contribution in [-0.2, 0) is 0 Å². The highest BCUT2D eigenvalue weighted by atomic mass is 35.5. The highest BCUT2D eigenvalue weighted by Crippen LogP contribution is 2.30. The van der Waals surface area contributed by atoms with Crippen molar-refractivity contribution in [2.45, 2.75) is 31.3 Å². The van der Waals surface area contributed by atoms with E-state index in [0.717, 1.165) is 24.8 Å². The minimum absolute atomic E-state index is 0.219. The number of nitrogens with zero attached hydrogens (tertiary/aromatic N) is 3. The third kappa shape index (κ3) is 2.61. The Bertz CT molecular complexity index is 400. The number of aromatic nitrogens is 2. The van der Waals surface area contributed by atoms with E-state index in [2.05, 4.69) is 20.2 Å². The van der Waals surface area contributed by atoms with Crippen LogP contribution in [0.1, 0.15) is 19.3 Å². The van der Waals surface area contributed by atoms with Crippen molar-refractivity contribution in [2.75, 3.05) is 24.1 Å². The first-order valence-corrected chi connectivity index (χ1v) is 6.39. The first-order valence-electron chi connectivity index (χ1n) is 6.01. The first kappa shape index (κ1) is 11.0. The van der Waals surface area contributed by atoms with Gasteiger partial charge in [0.15, 0.2) is 0 Å². The van der Waals surface area contributed by atoms with Crippen molar-refractivity contribution in [3.05, 3.63) is 11.2 Å². The molecule has 1 aromatic rings. The van der Waals surface area contributed by atoms with Gasteiger partial charge < -0.3 is 11.1 Å². The summed E-state index contributed by atoms with van der Waals surface area (Å²) in [5, 5.41) is 3.76. The Morgan fingerprint density at radius 2 is 2.18 bits per heavy atom. The maximum atomic E-state index is 5.84. The molecule has 1 saturated heterocycles. The molecule has 0 radical (unpaired) electrons. The summed E-state index contributed by atoms with van der Waals surface area (Å²) in [7, 11) is 0. The van der Waals surface area contributed by atoms with Crippen LogP contribution in [0.25, 0.3) is 0 Å². The molecule has 3 N–H and O–H groups in total. The van der Waals surface area contributed by atoms with E-state index < -0.39 is 0 Å². The second-order valence-corrected chi connectivity index (χ2v) is 5.18. The molecule has 92 valence electrons. The lowest BCUT2D eigenvalue weighted by Crippen LogP contribution is -2.28. The molecule has 0 bridgehead atoms. The molecule has 6 heteroatoms. The average Bonchev–Trinajstić information content (AvgIpc) is 2.99. The van der Waals surface area contributed by atoms with Gasteiger partial charge in [-0.05, 0) is 19.3 Å². The molecule has 0 aromatic carbocycles. The van der Waals surface area contributed by atoms with Gasteiger partial charge in [-0.15, -0.1) is 0 Å². The largest absolute Gasteiger partial charge is 0.368 e. The third-order valence-corrected chi connectivity index (χ3v) is 3.54. The average molecular weight is 254 g/mol. The van der Waals surface area contributed by atoms with Gasteiger partial charge in [0.2, 0.25) is 5.95 Å². The fraction of sp³-hybridized carbons (Fsp3) is 0.636. The van der Waals surface area contributed by atoms with Crippen molar-refractivity contribution < 1.29 is 0 Å². The molecule has 1 unspecified atom stereocenters. The lowest BCUT2D eigenvalue weighted by atomic mass is 10.2. The fourth-order valence-electron chi connectivity index (χ4n) is 2.39. The summed E-state index contributed by atoms with van der Waals surface area (Å²) in [6.07, 6.45) is 3.87. The molecular formula is C11H16ClN5. The number of rotatable bonds is 3. The molecule has 1 aromatic heterocycles. The van der Waals surface area contributed by atoms with E-state index >= 15 is 0 Å². The van der Waals surface area contributed by atoms with Gasteiger partial charge in [-0.2, -0.15) is 4.98 Å². The number of halogens is 1. The van der Waals surface area contributed by atoms with E-state index in [0.29, 0.717) is 11.2 Å². The number of nitrogen functional groups attached to an aromatic ring is 1. The third-order valence-electron chi connectivity index (χ3n) is 3.35. The molecule has 17 heavy (non-hydrogen) atoms. The number of anilines is 2. The van der Waals surface area contributed by atoms with Crippen LogP contribution in [0.15, 0.2) is 6.07 Å². The zero-order valence-electron chi connectivity index (χ0n) is 9.56. The van der Waals surface area contributed by atoms with Gasteiger partial charge in [-0.1, -0.05) is 11.6 Å². The summed E-state index contributed by atoms with van der Waals surface area (Å²) in [6, 6.07) is 3.00. The van der Waals surface area contributed by atoms with Crippen molar-refractivity contribution in [1.82, 2.24) is 14.9 Å². The Morgan fingerprint density at radius 1 is 1.35 bits per heavy atom. The van der Waals surface area contributed by atoms with E-state index in [1.54, 1.807) is 6.07 Å². The van der Waals surface area contributed by atoms with E-state index in [4.69, 9.17) is 17.3 Å². The van der Waals surface area contributed by atoms with Gasteiger partial charge in [0.1, 0.15) is 11.0 Å². The Kier molecular flexibility index (Phi) is 2.80. The van der Waals surface area contributed by atoms with Gasteiger partial charge in [-0.25, -0.2) is 4.98 Å². The number of nitrogens with one attached hydrogen (secondary N) is 1. The van der Waals surface area contributed by atoms with Crippen LogP contribution in [0.5, 0.6) is 0 Å². The van der Waals surface area contributed by atoms with Crippen molar-refractivity contribution >= 4 is 23.4 Å². The lowest BCUT2D eigenvalue weighted by Gasteiger charge is -2.16. The van der Waals surface area contributed by atoms with Crippen LogP contribution in [0.3, 0.4) is 0 Å². The Morgan fingerprint density at radius 3 is 2.88 bits per heavy atom. The number of nitrogens with two attached hydrogens (primary N) is 1. The van der Waals surface area contributed by atoms with Gasteiger partial charge in [0.05, 0.1) is 0 Å². The minimum Gasteiger partial charge on any atom is -0.368 e. The van der Waals surface area contributed by atoms with Gasteiger partial charge in [0, 0.05) is 31.2 Å². The van der Waals surface area contributed by atoms with Crippen molar-refractivity contribution in [3.8, 4) is 0 Å². The van der Waals surface area contributed by atoms with E-state index in [-0.39, 0.29) is 5.95 Å². The van der Waals surface area contributed by atoms with Crippen molar-refractivity contribution in [3.63, 3.8) is 0 Å². The molecule has 2 fully saturated rings. The van der Waals surface area contributed by atoms with E-state index in [1.807, 2.05) is 0 Å². The topological polar surface area (TPSA) is 67.1 Å². The van der Waals surface area contributed by atoms with Crippen LogP contribution in [0.2, 0.25) is 5.15 Å². The van der Waals surface area contributed by atoms with Crippen LogP contribution < -0.4 is 11.1 Å². The van der Waals surface area contributed by atoms with Crippen LogP contribution in [0, 0.1) is 0 Å². The summed E-state index contributed by atoms with van der Waals surface area (Å²) >= 11 is 5.84. The Labute approximate surface area is 105 Å². The molecule has 2 heterocycles. The van der Waals surface area contributed by atoms with Crippen molar-refractivity contribution in [2.24, 2.45) is 0 Å². The highest BCUT2D eigenvalue weighted by molar-refractivity contribution is 6.29. The number of hydrogen-bond donors (Lipinski definition) is 2. The number of hydrogen-bond acceptors (Lipinski definition) is 5. The summed E-state index contributed by atoms with van der Waals surface area (Å²) in [5.74, 6) is 0.946. The second kappa shape index (κ2) is 4.31. The summed E-state index contributed by atoms with van der Waals surface area (Å²) < 4.78 is 0. The molecule has 5 nitrogen and oxygen atoms in total. The standard InChI is InChI=1S/C11H16ClN5/c12-9-5-10(16-11(13)15-9)14-7-3-4-17(6-7)8-1-2-8/h5,7-8H,1-4,6H2,(H3,13,14,15,16). The van der Waals surface area contributed by atoms with Gasteiger partial charge in [-0.3, -0.25) is 4.90 Å². The summed E-state index contributed by atoms with van der Waals surface area (Å²) in [5.41, 5.74) is 5.56. The van der Waals surface area contributed by atoms with Gasteiger partial charge in [0.25, 0.3) is 0 Å². The molecule has 1 atom stereocenters. The Balaban J connectivity index is 1.62. The number of likely N-dealkylation sites (tertiary alicyclic amines) is 1. The maximum Gasteiger partial charge on any atom is 0.223 e. The quantitative estimate of drug-likeness (QED) is 0.797. The zero-order chi connectivity index (χ0) is 11.8. The van der Waals surface area contributed by atoms with Crippen LogP contribution in [0.4, 0.5) is 11.8 Å². The van der Waals surface area contributed by atoms with E-state index in [1.165, 1.54) is 19.4 Å². The fourth-order valence-corrected chi connectivity index (χ4v) is 2.58. The second-order valence-electron chi connectivity index (χ2n) is 4.79. The molecule has 1 aliphatic carbocycles. The lowest BCUT2D eigenvalue weighted by molar-refractivity contribution is 0.326. The monoisotopic (exact) mass is 253 g/mol. The first-order chi connectivity index (χ1) is 8.20. The highest BCUT2D eigenvalue weighted by Gasteiger charge is 2.34. The summed E-state index contributed by atoms with van der Waals surface area (Å²) in [4.78, 5) is 10.5. The summed E-state index contributed by atoms with van der Waals surface area (Å²) in [6.45, 7) is 2.27. The zero-order valence-corrected chi connectivity index (χ0v) is 10.3. The van der Waals surface area contributed by atoms with Crippen molar-refractivity contribution in [1.29, 1.82) is 0 Å². The molecule has 1 aliphatic heterocycles. The van der Waals surface area contributed by atoms with E-state index in [9.17, 15) is 0 Å². The minimum atomic E-state index is 0.219. The normalized spacial score (nSPS) is 25.1. The SMILES string of the molecule is Nc1nc(Cl)cc(NC2CCN(C3CC3)C2)n1. The van der Waals surface area contributed by atoms with Crippen LogP contribution >= 0.6 is 11.6 Å². The molecular weight excluding hydrogens is 238 g/mol. The molecule has 2 aliphatic rings. The molecule has 3 rings (SSSR count). The predicted molar refractivity (Wildman–Crippen MR) is 68.1 cm³/mol.